The second kappa shape index (κ2) is 11.7. The minimum atomic E-state index is -0.876. The van der Waals surface area contributed by atoms with Gasteiger partial charge in [0.2, 0.25) is 0 Å². The summed E-state index contributed by atoms with van der Waals surface area (Å²) in [5.74, 6) is -1.60. The summed E-state index contributed by atoms with van der Waals surface area (Å²) in [6, 6.07) is 8.20. The SMILES string of the molecule is CC(C)C(NC(=O)c1ccc(Cl)c(Cl)c1)C(=O)NN=Cc1cc(Cl)ccc1OCC(N)=O. The second-order valence-corrected chi connectivity index (χ2v) is 8.25. The average Bonchev–Trinajstić information content (AvgIpc) is 2.72. The first kappa shape index (κ1) is 25.5. The molecule has 11 heteroatoms. The molecule has 3 amide bonds. The van der Waals surface area contributed by atoms with Crippen LogP contribution in [-0.2, 0) is 9.59 Å². The molecule has 2 rings (SSSR count). The van der Waals surface area contributed by atoms with Crippen molar-refractivity contribution >= 4 is 58.7 Å². The maximum absolute atomic E-state index is 12.6. The van der Waals surface area contributed by atoms with Crippen LogP contribution in [0.1, 0.15) is 29.8 Å². The largest absolute Gasteiger partial charge is 0.483 e. The van der Waals surface area contributed by atoms with Gasteiger partial charge in [0, 0.05) is 16.1 Å². The zero-order chi connectivity index (χ0) is 23.8. The summed E-state index contributed by atoms with van der Waals surface area (Å²) in [5, 5.41) is 7.51. The number of amides is 3. The van der Waals surface area contributed by atoms with Gasteiger partial charge < -0.3 is 15.8 Å². The highest BCUT2D eigenvalue weighted by Crippen LogP contribution is 2.23. The summed E-state index contributed by atoms with van der Waals surface area (Å²) >= 11 is 17.8. The molecular formula is C21H21Cl3N4O4. The van der Waals surface area contributed by atoms with E-state index in [2.05, 4.69) is 15.8 Å². The summed E-state index contributed by atoms with van der Waals surface area (Å²) in [7, 11) is 0. The molecule has 2 aromatic carbocycles. The number of hydrogen-bond acceptors (Lipinski definition) is 5. The highest BCUT2D eigenvalue weighted by molar-refractivity contribution is 6.42. The molecule has 0 heterocycles. The van der Waals surface area contributed by atoms with Gasteiger partial charge in [0.25, 0.3) is 17.7 Å². The Morgan fingerprint density at radius 2 is 1.81 bits per heavy atom. The lowest BCUT2D eigenvalue weighted by Crippen LogP contribution is -2.48. The van der Waals surface area contributed by atoms with Gasteiger partial charge in [0.05, 0.1) is 16.3 Å². The molecule has 32 heavy (non-hydrogen) atoms. The van der Waals surface area contributed by atoms with Gasteiger partial charge >= 0.3 is 0 Å². The molecular weight excluding hydrogens is 479 g/mol. The lowest BCUT2D eigenvalue weighted by atomic mass is 10.0. The third-order valence-corrected chi connectivity index (χ3v) is 5.11. The molecule has 0 aliphatic rings. The first-order valence-corrected chi connectivity index (χ1v) is 10.5. The van der Waals surface area contributed by atoms with Crippen LogP contribution < -0.4 is 21.2 Å². The monoisotopic (exact) mass is 498 g/mol. The van der Waals surface area contributed by atoms with Gasteiger partial charge in [-0.3, -0.25) is 14.4 Å². The number of hydrogen-bond donors (Lipinski definition) is 3. The molecule has 0 aromatic heterocycles. The van der Waals surface area contributed by atoms with Gasteiger partial charge in [0.1, 0.15) is 11.8 Å². The van der Waals surface area contributed by atoms with Crippen molar-refractivity contribution in [3.8, 4) is 5.75 Å². The predicted molar refractivity (Wildman–Crippen MR) is 124 cm³/mol. The number of nitrogens with one attached hydrogen (secondary N) is 2. The summed E-state index contributed by atoms with van der Waals surface area (Å²) in [6.45, 7) is 3.22. The van der Waals surface area contributed by atoms with Crippen LogP contribution in [0.4, 0.5) is 0 Å². The van der Waals surface area contributed by atoms with Gasteiger partial charge in [-0.1, -0.05) is 48.7 Å². The molecule has 1 unspecified atom stereocenters. The third-order valence-electron chi connectivity index (χ3n) is 4.14. The van der Waals surface area contributed by atoms with Crippen molar-refractivity contribution < 1.29 is 19.1 Å². The van der Waals surface area contributed by atoms with Crippen molar-refractivity contribution in [1.82, 2.24) is 10.7 Å². The van der Waals surface area contributed by atoms with Crippen LogP contribution in [0.25, 0.3) is 0 Å². The standard InChI is InChI=1S/C21H21Cl3N4O4/c1-11(2)19(27-20(30)12-3-5-15(23)16(24)8-12)21(31)28-26-9-13-7-14(22)4-6-17(13)32-10-18(25)29/h3-9,11,19H,10H2,1-2H3,(H2,25,29)(H,27,30)(H,28,31). The molecule has 0 bridgehead atoms. The molecule has 4 N–H and O–H groups in total. The Kier molecular flexibility index (Phi) is 9.31. The van der Waals surface area contributed by atoms with Crippen molar-refractivity contribution in [3.05, 3.63) is 62.6 Å². The van der Waals surface area contributed by atoms with Crippen LogP contribution in [0.3, 0.4) is 0 Å². The Morgan fingerprint density at radius 3 is 2.44 bits per heavy atom. The minimum absolute atomic E-state index is 0.227. The predicted octanol–water partition coefficient (Wildman–Crippen LogP) is 3.42. The fraction of sp³-hybridized carbons (Fsp3) is 0.238. The van der Waals surface area contributed by atoms with Crippen molar-refractivity contribution in [3.63, 3.8) is 0 Å². The van der Waals surface area contributed by atoms with Gasteiger partial charge in [-0.15, -0.1) is 0 Å². The molecule has 0 saturated carbocycles. The first-order valence-electron chi connectivity index (χ1n) is 9.38. The molecule has 1 atom stereocenters. The van der Waals surface area contributed by atoms with Crippen LogP contribution in [0.15, 0.2) is 41.5 Å². The van der Waals surface area contributed by atoms with E-state index in [4.69, 9.17) is 45.3 Å². The topological polar surface area (TPSA) is 123 Å². The van der Waals surface area contributed by atoms with E-state index >= 15 is 0 Å². The lowest BCUT2D eigenvalue weighted by molar-refractivity contribution is -0.124. The zero-order valence-electron chi connectivity index (χ0n) is 17.2. The molecule has 8 nitrogen and oxygen atoms in total. The first-order chi connectivity index (χ1) is 15.1. The van der Waals surface area contributed by atoms with Crippen molar-refractivity contribution in [2.24, 2.45) is 16.8 Å². The van der Waals surface area contributed by atoms with Crippen LogP contribution in [-0.4, -0.2) is 36.6 Å². The highest BCUT2D eigenvalue weighted by atomic mass is 35.5. The van der Waals surface area contributed by atoms with Crippen LogP contribution >= 0.6 is 34.8 Å². The molecule has 0 spiro atoms. The van der Waals surface area contributed by atoms with Crippen molar-refractivity contribution in [1.29, 1.82) is 0 Å². The number of nitrogens with two attached hydrogens (primary N) is 1. The fourth-order valence-electron chi connectivity index (χ4n) is 2.53. The van der Waals surface area contributed by atoms with Crippen LogP contribution in [0, 0.1) is 5.92 Å². The van der Waals surface area contributed by atoms with E-state index in [-0.39, 0.29) is 23.1 Å². The molecule has 170 valence electrons. The second-order valence-electron chi connectivity index (χ2n) is 7.00. The molecule has 0 radical (unpaired) electrons. The maximum Gasteiger partial charge on any atom is 0.262 e. The van der Waals surface area contributed by atoms with E-state index in [1.165, 1.54) is 24.4 Å². The Hall–Kier alpha value is -2.81. The van der Waals surface area contributed by atoms with Gasteiger partial charge in [-0.05, 0) is 42.3 Å². The summed E-state index contributed by atoms with van der Waals surface area (Å²) in [6.07, 6.45) is 1.30. The average molecular weight is 500 g/mol. The Labute approximate surface area is 200 Å². The van der Waals surface area contributed by atoms with E-state index < -0.39 is 23.8 Å². The smallest absolute Gasteiger partial charge is 0.262 e. The lowest BCUT2D eigenvalue weighted by Gasteiger charge is -2.20. The molecule has 2 aromatic rings. The summed E-state index contributed by atoms with van der Waals surface area (Å²) in [5.41, 5.74) is 8.15. The number of carbonyl (C=O) groups is 3. The van der Waals surface area contributed by atoms with Crippen molar-refractivity contribution in [2.75, 3.05) is 6.61 Å². The third kappa shape index (κ3) is 7.40. The number of halogens is 3. The van der Waals surface area contributed by atoms with Gasteiger partial charge in [-0.2, -0.15) is 5.10 Å². The van der Waals surface area contributed by atoms with E-state index in [9.17, 15) is 14.4 Å². The van der Waals surface area contributed by atoms with E-state index in [1.54, 1.807) is 32.0 Å². The Bertz CT molecular complexity index is 1040. The summed E-state index contributed by atoms with van der Waals surface area (Å²) in [4.78, 5) is 36.1. The van der Waals surface area contributed by atoms with Crippen LogP contribution in [0.2, 0.25) is 15.1 Å². The number of benzene rings is 2. The highest BCUT2D eigenvalue weighted by Gasteiger charge is 2.24. The molecule has 0 fully saturated rings. The quantitative estimate of drug-likeness (QED) is 0.361. The van der Waals surface area contributed by atoms with Gasteiger partial charge in [0.15, 0.2) is 6.61 Å². The number of carbonyl (C=O) groups excluding carboxylic acids is 3. The number of hydrazone groups is 1. The van der Waals surface area contributed by atoms with E-state index in [1.807, 2.05) is 0 Å². The number of primary amides is 1. The maximum atomic E-state index is 12.6. The minimum Gasteiger partial charge on any atom is -0.483 e. The Balaban J connectivity index is 2.09. The van der Waals surface area contributed by atoms with E-state index in [0.29, 0.717) is 21.4 Å². The fourth-order valence-corrected chi connectivity index (χ4v) is 3.01. The Morgan fingerprint density at radius 1 is 1.09 bits per heavy atom. The van der Waals surface area contributed by atoms with Crippen LogP contribution in [0.5, 0.6) is 5.75 Å². The van der Waals surface area contributed by atoms with Crippen molar-refractivity contribution in [2.45, 2.75) is 19.9 Å². The normalized spacial score (nSPS) is 11.9. The van der Waals surface area contributed by atoms with E-state index in [0.717, 1.165) is 0 Å². The molecule has 0 saturated heterocycles. The number of ether oxygens (including phenoxy) is 1. The molecule has 0 aliphatic carbocycles. The number of rotatable bonds is 9. The molecule has 0 aliphatic heterocycles. The number of nitrogens with zero attached hydrogens (tertiary/aromatic N) is 1. The summed E-state index contributed by atoms with van der Waals surface area (Å²) < 4.78 is 5.30. The zero-order valence-corrected chi connectivity index (χ0v) is 19.5. The van der Waals surface area contributed by atoms with Gasteiger partial charge in [-0.25, -0.2) is 5.43 Å².